The molecule has 0 amide bonds. The van der Waals surface area contributed by atoms with Crippen LogP contribution in [0.5, 0.6) is 0 Å². The van der Waals surface area contributed by atoms with E-state index >= 15 is 0 Å². The van der Waals surface area contributed by atoms with Crippen LogP contribution in [0.4, 0.5) is 75.0 Å². The third-order valence-corrected chi connectivity index (χ3v) is 26.6. The molecule has 0 aliphatic carbocycles. The van der Waals surface area contributed by atoms with Crippen molar-refractivity contribution < 1.29 is 51.3 Å². The number of anilines is 8. The lowest BCUT2D eigenvalue weighted by Gasteiger charge is -2.26. The first-order valence-electron chi connectivity index (χ1n) is 45.8. The van der Waals surface area contributed by atoms with E-state index in [-0.39, 0.29) is 119 Å². The van der Waals surface area contributed by atoms with Crippen LogP contribution in [0.1, 0.15) is 215 Å². The molecule has 6 heterocycles. The van der Waals surface area contributed by atoms with E-state index in [1.807, 2.05) is 135 Å². The van der Waals surface area contributed by atoms with Gasteiger partial charge in [-0.1, -0.05) is 164 Å². The molecule has 11 aromatic rings. The zero-order chi connectivity index (χ0) is 100. The molecule has 33 nitrogen and oxygen atoms in total. The molecule has 0 saturated carbocycles. The van der Waals surface area contributed by atoms with Crippen molar-refractivity contribution in [2.45, 2.75) is 240 Å². The van der Waals surface area contributed by atoms with Crippen LogP contribution in [0.15, 0.2) is 110 Å². The van der Waals surface area contributed by atoms with Crippen LogP contribution in [0.2, 0.25) is 0 Å². The fourth-order valence-corrected chi connectivity index (χ4v) is 17.7. The van der Waals surface area contributed by atoms with Crippen molar-refractivity contribution in [3.63, 3.8) is 0 Å². The zero-order valence-electron chi connectivity index (χ0n) is 83.5. The SMILES string of the molecule is CCC(C)C(C)C(=O)OCCOCCNc1nc(NC)nc(Nc2c(C)cc(C)cc2C)c1N=Nc1nn(-c2nc3ccc(CNC(C)CC(=O)OC)cc3s2)cc1C#N.CCCCOC(=O)C(C)(C)CC.[C-]#[N+]c1c(C(C)(C)C)nn(-c2nc3ccc(S(=O)(=O)NC(C)(C)COC(=O)C(C)CC)cc3s2)c1N=Nc1c(C)cc(Nc2c(C)cc(C)cc2C)nc1Nc1c(C)cc(C)cc1C. The van der Waals surface area contributed by atoms with E-state index in [4.69, 9.17) is 65.5 Å². The topological polar surface area (TPSA) is 410 Å². The maximum atomic E-state index is 13.7. The summed E-state index contributed by atoms with van der Waals surface area (Å²) in [6.07, 6.45) is 6.22. The number of ether oxygens (including phenoxy) is 5. The summed E-state index contributed by atoms with van der Waals surface area (Å²) in [7, 11) is -0.952. The fourth-order valence-electron chi connectivity index (χ4n) is 14.3. The summed E-state index contributed by atoms with van der Waals surface area (Å²) >= 11 is 2.62. The smallest absolute Gasteiger partial charge is 0.311 e. The molecule has 0 aliphatic rings. The summed E-state index contributed by atoms with van der Waals surface area (Å²) in [6.45, 7) is 59.4. The number of unbranched alkanes of at least 4 members (excludes halogenated alkanes) is 1. The zero-order valence-corrected chi connectivity index (χ0v) is 86.0. The Morgan fingerprint density at radius 3 is 1.76 bits per heavy atom. The Hall–Kier alpha value is -12.6. The van der Waals surface area contributed by atoms with Crippen molar-refractivity contribution in [1.29, 1.82) is 5.26 Å². The molecular weight excluding hydrogens is 1780 g/mol. The Morgan fingerprint density at radius 2 is 1.20 bits per heavy atom. The number of benzene rings is 5. The van der Waals surface area contributed by atoms with Gasteiger partial charge in [0.1, 0.15) is 36.4 Å². The third-order valence-electron chi connectivity index (χ3n) is 22.9. The highest BCUT2D eigenvalue weighted by Crippen LogP contribution is 2.46. The molecule has 726 valence electrons. The molecule has 36 heteroatoms. The van der Waals surface area contributed by atoms with Crippen LogP contribution in [-0.4, -0.2) is 142 Å². The summed E-state index contributed by atoms with van der Waals surface area (Å²) in [5, 5.41) is 59.5. The largest absolute Gasteiger partial charge is 0.469 e. The molecular formula is C100H132N22O11S3. The number of carbonyl (C=O) groups excluding carboxylic acids is 4. The van der Waals surface area contributed by atoms with Gasteiger partial charge in [0.15, 0.2) is 29.0 Å². The summed E-state index contributed by atoms with van der Waals surface area (Å²) in [6, 6.07) is 27.3. The average molecular weight is 1910 g/mol. The van der Waals surface area contributed by atoms with Gasteiger partial charge in [-0.3, -0.25) is 19.2 Å². The number of aromatic nitrogens is 9. The van der Waals surface area contributed by atoms with Crippen LogP contribution in [0.3, 0.4) is 0 Å². The number of pyridine rings is 1. The highest BCUT2D eigenvalue weighted by molar-refractivity contribution is 7.89. The van der Waals surface area contributed by atoms with Crippen molar-refractivity contribution in [1.82, 2.24) is 54.5 Å². The van der Waals surface area contributed by atoms with Gasteiger partial charge >= 0.3 is 23.9 Å². The predicted octanol–water partition coefficient (Wildman–Crippen LogP) is 23.2. The lowest BCUT2D eigenvalue weighted by molar-refractivity contribution is -0.154. The summed E-state index contributed by atoms with van der Waals surface area (Å²) in [5.74, 6) is 1.22. The van der Waals surface area contributed by atoms with Crippen molar-refractivity contribution in [2.24, 2.45) is 43.6 Å². The molecule has 0 radical (unpaired) electrons. The first kappa shape index (κ1) is 107. The molecule has 5 aromatic carbocycles. The summed E-state index contributed by atoms with van der Waals surface area (Å²) < 4.78 is 61.1. The first-order chi connectivity index (χ1) is 64.3. The normalized spacial score (nSPS) is 12.7. The van der Waals surface area contributed by atoms with Gasteiger partial charge in [-0.25, -0.2) is 37.6 Å². The van der Waals surface area contributed by atoms with E-state index in [1.165, 1.54) is 50.8 Å². The van der Waals surface area contributed by atoms with Gasteiger partial charge in [0.05, 0.1) is 99.9 Å². The average Bonchev–Trinajstić information content (AvgIpc) is 1.62. The first-order valence-corrected chi connectivity index (χ1v) is 48.9. The van der Waals surface area contributed by atoms with E-state index in [1.54, 1.807) is 46.1 Å². The lowest BCUT2D eigenvalue weighted by Crippen LogP contribution is -2.47. The second kappa shape index (κ2) is 47.7. The number of thiazole rings is 2. The quantitative estimate of drug-likeness (QED) is 0.00616. The molecule has 0 fully saturated rings. The number of rotatable bonds is 40. The van der Waals surface area contributed by atoms with Crippen LogP contribution in [0, 0.1) is 110 Å². The van der Waals surface area contributed by atoms with Crippen molar-refractivity contribution >= 4 is 152 Å². The summed E-state index contributed by atoms with van der Waals surface area (Å²) in [5.41, 5.74) is 15.3. The van der Waals surface area contributed by atoms with Gasteiger partial charge in [0.25, 0.3) is 5.69 Å². The molecule has 11 rings (SSSR count). The Kier molecular flexibility index (Phi) is 37.6. The van der Waals surface area contributed by atoms with Gasteiger partial charge in [-0.2, -0.15) is 25.0 Å². The van der Waals surface area contributed by atoms with Crippen LogP contribution in [0.25, 0.3) is 35.5 Å². The number of hydrogen-bond acceptors (Lipinski definition) is 31. The van der Waals surface area contributed by atoms with Gasteiger partial charge in [0.2, 0.25) is 32.1 Å². The number of azo groups is 2. The second-order valence-corrected chi connectivity index (χ2v) is 40.4. The van der Waals surface area contributed by atoms with E-state index in [9.17, 15) is 32.9 Å². The molecule has 0 spiro atoms. The third kappa shape index (κ3) is 28.5. The van der Waals surface area contributed by atoms with Crippen LogP contribution < -0.4 is 36.6 Å². The highest BCUT2D eigenvalue weighted by atomic mass is 32.2. The number of carbonyl (C=O) groups is 4. The minimum atomic E-state index is -4.05. The Balaban J connectivity index is 0.000000272. The standard InChI is InChI=1S/C48H58N10O4S2.C42H54N12O5S.C10H20O2/c1-16-28(4)45(59)62-25-48(13,14)57-64(60,61)34-17-18-35-36(24-34)63-46(50-35)58-44(41(49-15)42(56-58)47(10,11)12)55-54-40-33(9)23-37(51-38-29(5)19-26(2)20-30(38)6)52-43(40)53-39-31(7)21-27(3)22-32(39)8;1-10-25(3)29(7)40(56)59-16-15-58-14-13-45-38-36(39(50-41(44-8)49-38)48-35-26(4)17-24(2)18-27(35)5)51-52-37-31(21-43)23-54(53-37)42-47-32-12-11-30(20-33(32)60-42)22-46-28(6)19-34(55)57-9;1-5-7-8-12-9(11)10(3,4)6-2/h17-24,28,57H,16,25H2,1-14H3,(H2,51,52,53);11-12,17-18,20,23,25,28-29,46H,10,13-16,19,22H2,1-9H3,(H3,44,45,48,49,50);5-8H2,1-4H3. The van der Waals surface area contributed by atoms with E-state index in [0.717, 1.165) is 109 Å². The van der Waals surface area contributed by atoms with Crippen LogP contribution in [-0.2, 0) is 64.8 Å². The Labute approximate surface area is 807 Å². The molecule has 136 heavy (non-hydrogen) atoms. The monoisotopic (exact) mass is 1910 g/mol. The van der Waals surface area contributed by atoms with E-state index < -0.39 is 21.0 Å². The van der Waals surface area contributed by atoms with Crippen molar-refractivity contribution in [3.05, 3.63) is 169 Å². The Morgan fingerprint density at radius 1 is 0.625 bits per heavy atom. The number of nitrogens with zero attached hydrogens (tertiary/aromatic N) is 15. The number of hydrogen-bond donors (Lipinski definition) is 7. The number of nitrogens with one attached hydrogen (secondary N) is 7. The van der Waals surface area contributed by atoms with Crippen molar-refractivity contribution in [2.75, 3.05) is 80.3 Å². The molecule has 6 aromatic heterocycles. The molecule has 7 N–H and O–H groups in total. The van der Waals surface area contributed by atoms with E-state index in [0.29, 0.717) is 87.2 Å². The van der Waals surface area contributed by atoms with Gasteiger partial charge < -0.3 is 55.6 Å². The molecule has 0 saturated heterocycles. The lowest BCUT2D eigenvalue weighted by atomic mass is 9.91. The number of aryl methyl sites for hydroxylation is 10. The molecule has 0 aliphatic heterocycles. The number of fused-ring (bicyclic) bond motifs is 2. The van der Waals surface area contributed by atoms with Gasteiger partial charge in [-0.05, 0) is 215 Å². The number of methoxy groups -OCH3 is 1. The number of esters is 4. The predicted molar refractivity (Wildman–Crippen MR) is 540 cm³/mol. The van der Waals surface area contributed by atoms with Gasteiger partial charge in [0, 0.05) is 43.2 Å². The number of nitriles is 1. The fraction of sp³-hybridized carbons (Fsp3) is 0.470. The summed E-state index contributed by atoms with van der Waals surface area (Å²) in [4.78, 5) is 75.7. The maximum Gasteiger partial charge on any atom is 0.311 e. The van der Waals surface area contributed by atoms with Gasteiger partial charge in [-0.15, -0.1) is 25.6 Å². The molecule has 4 atom stereocenters. The highest BCUT2D eigenvalue weighted by Gasteiger charge is 2.34. The molecule has 0 bridgehead atoms. The van der Waals surface area contributed by atoms with E-state index in [2.05, 4.69) is 146 Å². The van der Waals surface area contributed by atoms with Crippen molar-refractivity contribution in [3.8, 4) is 16.3 Å². The minimum Gasteiger partial charge on any atom is -0.469 e. The maximum absolute atomic E-state index is 13.7. The number of sulfonamides is 1. The minimum absolute atomic E-state index is 0.0156. The van der Waals surface area contributed by atoms with Crippen LogP contribution >= 0.6 is 22.7 Å². The molecule has 4 unspecified atom stereocenters. The Bertz CT molecular complexity index is 6320. The second-order valence-electron chi connectivity index (χ2n) is 36.7.